The van der Waals surface area contributed by atoms with Crippen LogP contribution >= 0.6 is 42.3 Å². The van der Waals surface area contributed by atoms with E-state index in [1.165, 1.54) is 21.3 Å². The van der Waals surface area contributed by atoms with Crippen molar-refractivity contribution < 1.29 is 13.5 Å². The lowest BCUT2D eigenvalue weighted by Crippen LogP contribution is -1.98. The summed E-state index contributed by atoms with van der Waals surface area (Å²) in [5.74, 6) is -0.967. The molecule has 0 saturated heterocycles. The minimum Gasteiger partial charge on any atom is -0.454 e. The van der Waals surface area contributed by atoms with Crippen LogP contribution in [0.2, 0.25) is 0 Å². The quantitative estimate of drug-likeness (QED) is 0.175. The number of anilines is 1. The molecule has 0 aliphatic carbocycles. The number of aromatic nitrogens is 2. The number of pyridine rings is 1. The van der Waals surface area contributed by atoms with Gasteiger partial charge in [0.1, 0.15) is 11.6 Å². The SMILES string of the molecule is Cc1cc(-c2cc(NSC(C)C)ccc2Oc2ccc(F)cc2F)c2ccn(SI)c2n1. The molecule has 2 aromatic carbocycles. The van der Waals surface area contributed by atoms with Crippen LogP contribution in [0.4, 0.5) is 14.5 Å². The number of ether oxygens (including phenoxy) is 1. The van der Waals surface area contributed by atoms with Crippen molar-refractivity contribution >= 4 is 59.0 Å². The third-order valence-corrected chi connectivity index (χ3v) is 7.16. The largest absolute Gasteiger partial charge is 0.454 e. The van der Waals surface area contributed by atoms with Gasteiger partial charge in [-0.2, -0.15) is 0 Å². The second-order valence-electron chi connectivity index (χ2n) is 7.42. The van der Waals surface area contributed by atoms with Gasteiger partial charge in [0.2, 0.25) is 0 Å². The molecule has 0 bridgehead atoms. The monoisotopic (exact) mass is 583 g/mol. The molecule has 0 fully saturated rings. The van der Waals surface area contributed by atoms with Crippen molar-refractivity contribution in [2.24, 2.45) is 0 Å². The van der Waals surface area contributed by atoms with Gasteiger partial charge in [-0.1, -0.05) is 13.8 Å². The second-order valence-corrected chi connectivity index (χ2v) is 10.5. The normalized spacial score (nSPS) is 11.3. The molecule has 4 aromatic rings. The van der Waals surface area contributed by atoms with E-state index in [2.05, 4.69) is 44.8 Å². The number of nitrogens with one attached hydrogen (secondary N) is 1. The van der Waals surface area contributed by atoms with E-state index in [1.54, 1.807) is 18.0 Å². The zero-order valence-electron chi connectivity index (χ0n) is 17.5. The van der Waals surface area contributed by atoms with Gasteiger partial charge in [-0.05, 0) is 66.9 Å². The molecule has 0 amide bonds. The first kappa shape index (κ1) is 23.2. The molecule has 0 aliphatic heterocycles. The smallest absolute Gasteiger partial charge is 0.168 e. The van der Waals surface area contributed by atoms with Crippen LogP contribution in [-0.2, 0) is 0 Å². The molecule has 0 atom stereocenters. The first-order valence-electron chi connectivity index (χ1n) is 9.82. The molecule has 2 aromatic heterocycles. The van der Waals surface area contributed by atoms with Gasteiger partial charge in [0.15, 0.2) is 17.2 Å². The zero-order chi connectivity index (χ0) is 22.8. The lowest BCUT2D eigenvalue weighted by Gasteiger charge is -2.16. The highest BCUT2D eigenvalue weighted by Gasteiger charge is 2.17. The molecule has 1 N–H and O–H groups in total. The molecule has 166 valence electrons. The Hall–Kier alpha value is -1.98. The van der Waals surface area contributed by atoms with E-state index < -0.39 is 11.6 Å². The molecule has 0 radical (unpaired) electrons. The summed E-state index contributed by atoms with van der Waals surface area (Å²) in [4.78, 5) is 4.69. The minimum atomic E-state index is -0.753. The maximum Gasteiger partial charge on any atom is 0.168 e. The molecular weight excluding hydrogens is 563 g/mol. The fourth-order valence-electron chi connectivity index (χ4n) is 3.25. The number of benzene rings is 2. The Labute approximate surface area is 206 Å². The minimum absolute atomic E-state index is 0.0349. The average Bonchev–Trinajstić information content (AvgIpc) is 3.17. The van der Waals surface area contributed by atoms with Crippen molar-refractivity contribution in [2.45, 2.75) is 26.0 Å². The summed E-state index contributed by atoms with van der Waals surface area (Å²) in [5.41, 5.74) is 4.30. The van der Waals surface area contributed by atoms with Gasteiger partial charge in [0, 0.05) is 70.2 Å². The van der Waals surface area contributed by atoms with Crippen LogP contribution in [0.15, 0.2) is 54.7 Å². The molecule has 0 saturated carbocycles. The standard InChI is InChI=1S/C23H20F2IN3OS2/c1-13(2)31-28-16-5-7-21(30-22-6-4-15(24)11-20(22)25)19(12-16)18-10-14(3)27-23-17(18)8-9-29(23)32-26/h4-13,28H,1-3H3. The van der Waals surface area contributed by atoms with Crippen LogP contribution in [-0.4, -0.2) is 14.2 Å². The van der Waals surface area contributed by atoms with E-state index in [0.717, 1.165) is 39.6 Å². The number of aryl methyl sites for hydroxylation is 1. The third kappa shape index (κ3) is 4.99. The van der Waals surface area contributed by atoms with Crippen LogP contribution in [0.25, 0.3) is 22.2 Å². The van der Waals surface area contributed by atoms with Crippen molar-refractivity contribution in [3.63, 3.8) is 0 Å². The lowest BCUT2D eigenvalue weighted by atomic mass is 10.0. The van der Waals surface area contributed by atoms with Gasteiger partial charge < -0.3 is 9.46 Å². The highest BCUT2D eigenvalue weighted by Crippen LogP contribution is 2.41. The Kier molecular flexibility index (Phi) is 7.16. The maximum absolute atomic E-state index is 14.3. The summed E-state index contributed by atoms with van der Waals surface area (Å²) in [7, 11) is 1.53. The molecule has 4 rings (SSSR count). The van der Waals surface area contributed by atoms with Gasteiger partial charge in [0.05, 0.1) is 0 Å². The van der Waals surface area contributed by atoms with E-state index in [4.69, 9.17) is 4.74 Å². The number of halogens is 3. The molecular formula is C23H20F2IN3OS2. The summed E-state index contributed by atoms with van der Waals surface area (Å²) in [6.07, 6.45) is 1.97. The van der Waals surface area contributed by atoms with E-state index in [1.807, 2.05) is 41.4 Å². The Morgan fingerprint density at radius 2 is 1.81 bits per heavy atom. The number of rotatable bonds is 7. The Morgan fingerprint density at radius 1 is 1.03 bits per heavy atom. The first-order chi connectivity index (χ1) is 15.4. The van der Waals surface area contributed by atoms with Crippen LogP contribution in [0.1, 0.15) is 19.5 Å². The summed E-state index contributed by atoms with van der Waals surface area (Å²) >= 11 is 3.82. The highest BCUT2D eigenvalue weighted by molar-refractivity contribution is 14.2. The average molecular weight is 583 g/mol. The summed E-state index contributed by atoms with van der Waals surface area (Å²) in [6, 6.07) is 13.0. The molecule has 0 spiro atoms. The molecule has 32 heavy (non-hydrogen) atoms. The Bertz CT molecular complexity index is 1280. The highest BCUT2D eigenvalue weighted by atomic mass is 127. The molecule has 4 nitrogen and oxygen atoms in total. The van der Waals surface area contributed by atoms with Crippen LogP contribution < -0.4 is 9.46 Å². The lowest BCUT2D eigenvalue weighted by molar-refractivity contribution is 0.439. The number of fused-ring (bicyclic) bond motifs is 1. The predicted molar refractivity (Wildman–Crippen MR) is 140 cm³/mol. The van der Waals surface area contributed by atoms with Crippen molar-refractivity contribution in [3.8, 4) is 22.6 Å². The molecule has 9 heteroatoms. The second kappa shape index (κ2) is 9.88. The van der Waals surface area contributed by atoms with Crippen LogP contribution in [0, 0.1) is 18.6 Å². The van der Waals surface area contributed by atoms with Crippen molar-refractivity contribution in [1.82, 2.24) is 8.96 Å². The van der Waals surface area contributed by atoms with E-state index in [0.29, 0.717) is 11.0 Å². The number of hydrogen-bond donors (Lipinski definition) is 1. The first-order valence-corrected chi connectivity index (χ1v) is 14.0. The van der Waals surface area contributed by atoms with Gasteiger partial charge >= 0.3 is 0 Å². The summed E-state index contributed by atoms with van der Waals surface area (Å²) in [5, 5.41) is 1.35. The van der Waals surface area contributed by atoms with Gasteiger partial charge in [-0.3, -0.25) is 3.97 Å². The zero-order valence-corrected chi connectivity index (χ0v) is 21.3. The van der Waals surface area contributed by atoms with E-state index in [-0.39, 0.29) is 5.75 Å². The van der Waals surface area contributed by atoms with Gasteiger partial charge in [0.25, 0.3) is 0 Å². The van der Waals surface area contributed by atoms with Crippen molar-refractivity contribution in [1.29, 1.82) is 0 Å². The third-order valence-electron chi connectivity index (χ3n) is 4.62. The Balaban J connectivity index is 1.87. The topological polar surface area (TPSA) is 39.1 Å². The van der Waals surface area contributed by atoms with E-state index >= 15 is 0 Å². The van der Waals surface area contributed by atoms with Crippen molar-refractivity contribution in [2.75, 3.05) is 4.72 Å². The molecule has 0 aliphatic rings. The Morgan fingerprint density at radius 3 is 2.53 bits per heavy atom. The predicted octanol–water partition coefficient (Wildman–Crippen LogP) is 8.40. The summed E-state index contributed by atoms with van der Waals surface area (Å²) < 4.78 is 39.0. The van der Waals surface area contributed by atoms with Gasteiger partial charge in [-0.15, -0.1) is 0 Å². The number of nitrogens with zero attached hydrogens (tertiary/aromatic N) is 2. The van der Waals surface area contributed by atoms with E-state index in [9.17, 15) is 8.78 Å². The fourth-order valence-corrected chi connectivity index (χ4v) is 5.01. The fraction of sp³-hybridized carbons (Fsp3) is 0.174. The molecule has 2 heterocycles. The van der Waals surface area contributed by atoms with Crippen LogP contribution in [0.5, 0.6) is 11.5 Å². The van der Waals surface area contributed by atoms with Crippen molar-refractivity contribution in [3.05, 3.63) is 72.1 Å². The molecule has 0 unspecified atom stereocenters. The maximum atomic E-state index is 14.3. The van der Waals surface area contributed by atoms with Crippen LogP contribution in [0.3, 0.4) is 0 Å². The summed E-state index contributed by atoms with van der Waals surface area (Å²) in [6.45, 7) is 6.15. The number of hydrogen-bond acceptors (Lipinski definition) is 5. The van der Waals surface area contributed by atoms with Gasteiger partial charge in [-0.25, -0.2) is 13.8 Å².